The van der Waals surface area contributed by atoms with Crippen LogP contribution in [-0.2, 0) is 4.79 Å². The van der Waals surface area contributed by atoms with E-state index in [1.54, 1.807) is 11.8 Å². The van der Waals surface area contributed by atoms with Crippen LogP contribution in [-0.4, -0.2) is 22.2 Å². The van der Waals surface area contributed by atoms with E-state index < -0.39 is 0 Å². The number of carbonyl (C=O) groups is 1. The van der Waals surface area contributed by atoms with Crippen LogP contribution in [0.4, 0.5) is 0 Å². The van der Waals surface area contributed by atoms with Crippen molar-refractivity contribution in [3.63, 3.8) is 0 Å². The summed E-state index contributed by atoms with van der Waals surface area (Å²) >= 11 is 1.78. The van der Waals surface area contributed by atoms with E-state index >= 15 is 0 Å². The van der Waals surface area contributed by atoms with Gasteiger partial charge in [-0.3, -0.25) is 4.79 Å². The van der Waals surface area contributed by atoms with Crippen molar-refractivity contribution in [1.82, 2.24) is 0 Å². The Morgan fingerprint density at radius 2 is 2.05 bits per heavy atom. The van der Waals surface area contributed by atoms with Gasteiger partial charge in [0.15, 0.2) is 0 Å². The highest BCUT2D eigenvalue weighted by Crippen LogP contribution is 2.73. The first-order valence-electron chi connectivity index (χ1n) is 7.52. The predicted octanol–water partition coefficient (Wildman–Crippen LogP) is 3.74. The average Bonchev–Trinajstić information content (AvgIpc) is 3.10. The van der Waals surface area contributed by atoms with Crippen molar-refractivity contribution in [3.8, 4) is 0 Å². The van der Waals surface area contributed by atoms with E-state index in [0.29, 0.717) is 5.78 Å². The monoisotopic (exact) mass is 290 g/mol. The molecule has 0 amide bonds. The minimum Gasteiger partial charge on any atom is -0.396 e. The van der Waals surface area contributed by atoms with Crippen LogP contribution in [0.25, 0.3) is 0 Å². The van der Waals surface area contributed by atoms with Crippen molar-refractivity contribution in [2.24, 2.45) is 5.41 Å². The molecule has 0 heterocycles. The van der Waals surface area contributed by atoms with Crippen LogP contribution in [0, 0.1) is 12.3 Å². The van der Waals surface area contributed by atoms with Crippen LogP contribution in [0.3, 0.4) is 0 Å². The Kier molecular flexibility index (Phi) is 3.67. The highest BCUT2D eigenvalue weighted by atomic mass is 32.2. The van der Waals surface area contributed by atoms with E-state index in [1.165, 1.54) is 10.5 Å². The van der Waals surface area contributed by atoms with E-state index in [9.17, 15) is 4.79 Å². The molecule has 1 aromatic carbocycles. The molecule has 2 nitrogen and oxygen atoms in total. The Bertz CT molecular complexity index is 510. The Morgan fingerprint density at radius 3 is 2.75 bits per heavy atom. The quantitative estimate of drug-likeness (QED) is 0.897. The molecule has 0 spiro atoms. The van der Waals surface area contributed by atoms with Gasteiger partial charge in [0, 0.05) is 17.9 Å². The lowest BCUT2D eigenvalue weighted by Crippen LogP contribution is -2.31. The van der Waals surface area contributed by atoms with Gasteiger partial charge in [0.25, 0.3) is 0 Å². The maximum Gasteiger partial charge on any atom is 0.149 e. The molecule has 2 saturated carbocycles. The molecule has 3 rings (SSSR count). The molecule has 2 aliphatic rings. The zero-order valence-electron chi connectivity index (χ0n) is 12.0. The summed E-state index contributed by atoms with van der Waals surface area (Å²) in [7, 11) is 0. The highest BCUT2D eigenvalue weighted by molar-refractivity contribution is 8.01. The Hall–Kier alpha value is -0.800. The minimum absolute atomic E-state index is 0.167. The van der Waals surface area contributed by atoms with Gasteiger partial charge in [-0.25, -0.2) is 0 Å². The number of ketones is 1. The lowest BCUT2D eigenvalue weighted by atomic mass is 9.84. The van der Waals surface area contributed by atoms with Gasteiger partial charge in [-0.1, -0.05) is 17.7 Å². The summed E-state index contributed by atoms with van der Waals surface area (Å²) in [6, 6.07) is 8.49. The molecule has 1 aromatic rings. The molecule has 2 fully saturated rings. The summed E-state index contributed by atoms with van der Waals surface area (Å²) in [5, 5.41) is 9.11. The number of carbonyl (C=O) groups excluding carboxylic acids is 1. The van der Waals surface area contributed by atoms with Crippen LogP contribution in [0.2, 0.25) is 0 Å². The summed E-state index contributed by atoms with van der Waals surface area (Å²) < 4.78 is -0.185. The fourth-order valence-corrected chi connectivity index (χ4v) is 5.41. The highest BCUT2D eigenvalue weighted by Gasteiger charge is 2.71. The van der Waals surface area contributed by atoms with Crippen LogP contribution in [0.1, 0.15) is 44.1 Å². The molecule has 3 heteroatoms. The minimum atomic E-state index is -0.185. The molecule has 0 aliphatic heterocycles. The zero-order chi connectivity index (χ0) is 14.2. The summed E-state index contributed by atoms with van der Waals surface area (Å²) in [5.74, 6) is 0.437. The molecular weight excluding hydrogens is 268 g/mol. The lowest BCUT2D eigenvalue weighted by Gasteiger charge is -2.29. The molecular formula is C17H22O2S. The molecule has 108 valence electrons. The average molecular weight is 290 g/mol. The van der Waals surface area contributed by atoms with Crippen molar-refractivity contribution < 1.29 is 9.90 Å². The van der Waals surface area contributed by atoms with Crippen molar-refractivity contribution in [3.05, 3.63) is 29.8 Å². The topological polar surface area (TPSA) is 37.3 Å². The maximum atomic E-state index is 12.5. The lowest BCUT2D eigenvalue weighted by molar-refractivity contribution is -0.121. The van der Waals surface area contributed by atoms with Crippen LogP contribution in [0.15, 0.2) is 29.2 Å². The largest absolute Gasteiger partial charge is 0.396 e. The molecule has 0 saturated heterocycles. The summed E-state index contributed by atoms with van der Waals surface area (Å²) in [4.78, 5) is 13.7. The van der Waals surface area contributed by atoms with E-state index in [2.05, 4.69) is 31.2 Å². The van der Waals surface area contributed by atoms with Crippen molar-refractivity contribution in [2.75, 3.05) is 6.61 Å². The molecule has 0 unspecified atom stereocenters. The number of aliphatic hydroxyl groups excluding tert-OH is 1. The van der Waals surface area contributed by atoms with Crippen LogP contribution < -0.4 is 0 Å². The van der Waals surface area contributed by atoms with Crippen molar-refractivity contribution >= 4 is 17.5 Å². The molecule has 0 aromatic heterocycles. The van der Waals surface area contributed by atoms with Crippen LogP contribution >= 0.6 is 11.8 Å². The van der Waals surface area contributed by atoms with Gasteiger partial charge in [-0.15, -0.1) is 11.8 Å². The van der Waals surface area contributed by atoms with Gasteiger partial charge >= 0.3 is 0 Å². The second-order valence-electron chi connectivity index (χ2n) is 6.30. The first-order chi connectivity index (χ1) is 9.62. The predicted molar refractivity (Wildman–Crippen MR) is 82.0 cm³/mol. The SMILES string of the molecule is Cc1ccc(S[C@]23C[C@@]2(CCCO)CCCC3=O)cc1. The van der Waals surface area contributed by atoms with Gasteiger partial charge < -0.3 is 5.11 Å². The first kappa shape index (κ1) is 14.2. The smallest absolute Gasteiger partial charge is 0.149 e. The molecule has 0 bridgehead atoms. The second-order valence-corrected chi connectivity index (χ2v) is 7.68. The maximum absolute atomic E-state index is 12.5. The van der Waals surface area contributed by atoms with Crippen LogP contribution in [0.5, 0.6) is 0 Å². The number of fused-ring (bicyclic) bond motifs is 1. The fraction of sp³-hybridized carbons (Fsp3) is 0.588. The molecule has 20 heavy (non-hydrogen) atoms. The Balaban J connectivity index is 1.81. The first-order valence-corrected chi connectivity index (χ1v) is 8.33. The van der Waals surface area contributed by atoms with Crippen molar-refractivity contribution in [1.29, 1.82) is 0 Å². The Morgan fingerprint density at radius 1 is 1.30 bits per heavy atom. The fourth-order valence-electron chi connectivity index (χ4n) is 3.75. The zero-order valence-corrected chi connectivity index (χ0v) is 12.8. The number of hydrogen-bond acceptors (Lipinski definition) is 3. The molecule has 0 radical (unpaired) electrons. The molecule has 2 aliphatic carbocycles. The van der Waals surface area contributed by atoms with Gasteiger partial charge in [0.1, 0.15) is 5.78 Å². The standard InChI is InChI=1S/C17H22O2S/c1-13-5-7-14(8-6-13)20-17-12-16(17,10-3-11-18)9-2-4-15(17)19/h5-8,18H,2-4,9-12H2,1H3/t16-,17-/m0/s1. The number of benzene rings is 1. The van der Waals surface area contributed by atoms with Gasteiger partial charge in [-0.2, -0.15) is 0 Å². The van der Waals surface area contributed by atoms with Gasteiger partial charge in [0.2, 0.25) is 0 Å². The second kappa shape index (κ2) is 5.19. The van der Waals surface area contributed by atoms with E-state index in [0.717, 1.165) is 38.5 Å². The normalized spacial score (nSPS) is 32.0. The van der Waals surface area contributed by atoms with E-state index in [-0.39, 0.29) is 16.8 Å². The number of rotatable bonds is 5. The number of thioether (sulfide) groups is 1. The number of Topliss-reactive ketones (excluding diaryl/α,β-unsaturated/α-hetero) is 1. The molecule has 1 N–H and O–H groups in total. The number of hydrogen-bond donors (Lipinski definition) is 1. The molecule has 2 atom stereocenters. The summed E-state index contributed by atoms with van der Waals surface area (Å²) in [5.41, 5.74) is 1.42. The number of aliphatic hydroxyl groups is 1. The summed E-state index contributed by atoms with van der Waals surface area (Å²) in [6.07, 6.45) is 5.74. The van der Waals surface area contributed by atoms with Gasteiger partial charge in [0.05, 0.1) is 4.75 Å². The van der Waals surface area contributed by atoms with Crippen molar-refractivity contribution in [2.45, 2.75) is 55.1 Å². The Labute approximate surface area is 125 Å². The summed E-state index contributed by atoms with van der Waals surface area (Å²) in [6.45, 7) is 2.32. The third-order valence-electron chi connectivity index (χ3n) is 4.96. The van der Waals surface area contributed by atoms with E-state index in [4.69, 9.17) is 5.11 Å². The number of aryl methyl sites for hydroxylation is 1. The third kappa shape index (κ3) is 2.21. The van der Waals surface area contributed by atoms with E-state index in [1.807, 2.05) is 0 Å². The van der Waals surface area contributed by atoms with Gasteiger partial charge in [-0.05, 0) is 56.6 Å². The third-order valence-corrected chi connectivity index (χ3v) is 6.62.